The summed E-state index contributed by atoms with van der Waals surface area (Å²) in [5, 5.41) is 4.32. The number of hydrazone groups is 1. The third-order valence-electron chi connectivity index (χ3n) is 4.55. The monoisotopic (exact) mass is 480 g/mol. The molecule has 0 saturated heterocycles. The molecular formula is C26H25ClN2O5. The lowest BCUT2D eigenvalue weighted by atomic mass is 10.2. The molecule has 0 aliphatic rings. The van der Waals surface area contributed by atoms with E-state index in [0.717, 1.165) is 18.6 Å². The predicted molar refractivity (Wildman–Crippen MR) is 131 cm³/mol. The highest BCUT2D eigenvalue weighted by atomic mass is 35.5. The van der Waals surface area contributed by atoms with Gasteiger partial charge >= 0.3 is 5.97 Å². The Balaban J connectivity index is 1.44. The number of carbonyl (C=O) groups excluding carboxylic acids is 2. The van der Waals surface area contributed by atoms with Gasteiger partial charge in [-0.05, 0) is 72.6 Å². The van der Waals surface area contributed by atoms with Crippen molar-refractivity contribution in [3.8, 4) is 17.2 Å². The maximum Gasteiger partial charge on any atom is 0.343 e. The second-order valence-electron chi connectivity index (χ2n) is 7.20. The van der Waals surface area contributed by atoms with Crippen molar-refractivity contribution in [2.24, 2.45) is 5.10 Å². The molecule has 3 aromatic rings. The fourth-order valence-corrected chi connectivity index (χ4v) is 2.92. The molecule has 3 aromatic carbocycles. The molecule has 0 unspecified atom stereocenters. The Morgan fingerprint density at radius 3 is 2.35 bits per heavy atom. The summed E-state index contributed by atoms with van der Waals surface area (Å²) in [5.41, 5.74) is 3.51. The van der Waals surface area contributed by atoms with Gasteiger partial charge in [0.05, 0.1) is 23.4 Å². The lowest BCUT2D eigenvalue weighted by Crippen LogP contribution is -2.24. The maximum absolute atomic E-state index is 12.3. The second kappa shape index (κ2) is 13.0. The molecule has 0 radical (unpaired) electrons. The van der Waals surface area contributed by atoms with Crippen molar-refractivity contribution in [3.63, 3.8) is 0 Å². The van der Waals surface area contributed by atoms with Gasteiger partial charge in [0.2, 0.25) is 0 Å². The van der Waals surface area contributed by atoms with Crippen LogP contribution in [0, 0.1) is 0 Å². The topological polar surface area (TPSA) is 86.2 Å². The molecule has 1 amide bonds. The normalized spacial score (nSPS) is 10.6. The van der Waals surface area contributed by atoms with E-state index in [4.69, 9.17) is 25.8 Å². The lowest BCUT2D eigenvalue weighted by Gasteiger charge is -2.07. The van der Waals surface area contributed by atoms with Gasteiger partial charge in [0.25, 0.3) is 5.91 Å². The Morgan fingerprint density at radius 2 is 1.65 bits per heavy atom. The average Bonchev–Trinajstić information content (AvgIpc) is 2.85. The van der Waals surface area contributed by atoms with Crippen LogP contribution in [0.4, 0.5) is 0 Å². The molecular weight excluding hydrogens is 456 g/mol. The van der Waals surface area contributed by atoms with Crippen LogP contribution in [0.2, 0.25) is 5.02 Å². The quantitative estimate of drug-likeness (QED) is 0.133. The zero-order valence-electron chi connectivity index (χ0n) is 18.7. The van der Waals surface area contributed by atoms with Gasteiger partial charge in [0, 0.05) is 0 Å². The number of halogens is 1. The molecule has 0 aliphatic carbocycles. The minimum absolute atomic E-state index is 0.220. The number of nitrogens with one attached hydrogen (secondary N) is 1. The Morgan fingerprint density at radius 1 is 0.941 bits per heavy atom. The Bertz CT molecular complexity index is 1110. The number of rotatable bonds is 11. The molecule has 0 aromatic heterocycles. The van der Waals surface area contributed by atoms with Gasteiger partial charge in [-0.1, -0.05) is 37.1 Å². The van der Waals surface area contributed by atoms with Crippen LogP contribution in [0.1, 0.15) is 35.7 Å². The summed E-state index contributed by atoms with van der Waals surface area (Å²) in [4.78, 5) is 24.2. The lowest BCUT2D eigenvalue weighted by molar-refractivity contribution is -0.123. The number of amides is 1. The fourth-order valence-electron chi connectivity index (χ4n) is 2.73. The van der Waals surface area contributed by atoms with Crippen LogP contribution in [0.25, 0.3) is 0 Å². The van der Waals surface area contributed by atoms with Crippen molar-refractivity contribution in [1.82, 2.24) is 5.43 Å². The van der Waals surface area contributed by atoms with E-state index in [0.29, 0.717) is 34.3 Å². The molecule has 0 atom stereocenters. The minimum atomic E-state index is -0.465. The summed E-state index contributed by atoms with van der Waals surface area (Å²) in [7, 11) is 0. The zero-order chi connectivity index (χ0) is 24.2. The smallest absolute Gasteiger partial charge is 0.343 e. The number of carbonyl (C=O) groups is 2. The third kappa shape index (κ3) is 7.94. The SMILES string of the molecule is CCCCOc1ccc(C(=O)Oc2ccc(/C=N\NC(=O)COc3ccccc3Cl)cc2)cc1. The highest BCUT2D eigenvalue weighted by molar-refractivity contribution is 6.32. The Hall–Kier alpha value is -3.84. The highest BCUT2D eigenvalue weighted by Crippen LogP contribution is 2.22. The number of para-hydroxylation sites is 1. The first-order valence-electron chi connectivity index (χ1n) is 10.8. The number of esters is 1. The van der Waals surface area contributed by atoms with Gasteiger partial charge in [-0.3, -0.25) is 4.79 Å². The summed E-state index contributed by atoms with van der Waals surface area (Å²) in [6, 6.07) is 20.4. The minimum Gasteiger partial charge on any atom is -0.494 e. The fraction of sp³-hybridized carbons (Fsp3) is 0.192. The van der Waals surface area contributed by atoms with Gasteiger partial charge in [-0.2, -0.15) is 5.10 Å². The van der Waals surface area contributed by atoms with Crippen molar-refractivity contribution in [3.05, 3.63) is 88.9 Å². The largest absolute Gasteiger partial charge is 0.494 e. The van der Waals surface area contributed by atoms with Gasteiger partial charge in [0.1, 0.15) is 17.2 Å². The molecule has 7 nitrogen and oxygen atoms in total. The van der Waals surface area contributed by atoms with E-state index >= 15 is 0 Å². The first kappa shape index (κ1) is 24.8. The van der Waals surface area contributed by atoms with Crippen LogP contribution >= 0.6 is 11.6 Å². The van der Waals surface area contributed by atoms with Gasteiger partial charge in [-0.25, -0.2) is 10.2 Å². The predicted octanol–water partition coefficient (Wildman–Crippen LogP) is 5.27. The summed E-state index contributed by atoms with van der Waals surface area (Å²) in [6.45, 7) is 2.53. The summed E-state index contributed by atoms with van der Waals surface area (Å²) in [6.07, 6.45) is 3.51. The van der Waals surface area contributed by atoms with E-state index in [1.165, 1.54) is 6.21 Å². The van der Waals surface area contributed by atoms with E-state index in [1.54, 1.807) is 72.8 Å². The van der Waals surface area contributed by atoms with Crippen LogP contribution in [-0.4, -0.2) is 31.3 Å². The first-order valence-corrected chi connectivity index (χ1v) is 11.2. The zero-order valence-corrected chi connectivity index (χ0v) is 19.5. The van der Waals surface area contributed by atoms with Gasteiger partial charge in [0.15, 0.2) is 6.61 Å². The van der Waals surface area contributed by atoms with E-state index in [1.807, 2.05) is 0 Å². The standard InChI is InChI=1S/C26H25ClN2O5/c1-2-3-16-32-21-14-10-20(11-15-21)26(31)34-22-12-8-19(9-13-22)17-28-29-25(30)18-33-24-7-5-4-6-23(24)27/h4-15,17H,2-3,16,18H2,1H3,(H,29,30)/b28-17-. The molecule has 176 valence electrons. The highest BCUT2D eigenvalue weighted by Gasteiger charge is 2.09. The van der Waals surface area contributed by atoms with Crippen molar-refractivity contribution < 1.29 is 23.8 Å². The first-order chi connectivity index (χ1) is 16.5. The number of unbranched alkanes of at least 4 members (excludes halogenated alkanes) is 1. The van der Waals surface area contributed by atoms with E-state index in [2.05, 4.69) is 17.5 Å². The van der Waals surface area contributed by atoms with Gasteiger partial charge in [-0.15, -0.1) is 0 Å². The van der Waals surface area contributed by atoms with Crippen LogP contribution in [0.5, 0.6) is 17.2 Å². The third-order valence-corrected chi connectivity index (χ3v) is 4.86. The van der Waals surface area contributed by atoms with Crippen molar-refractivity contribution >= 4 is 29.7 Å². The maximum atomic E-state index is 12.3. The molecule has 0 saturated carbocycles. The van der Waals surface area contributed by atoms with Crippen LogP contribution in [0.15, 0.2) is 77.9 Å². The molecule has 0 aliphatic heterocycles. The van der Waals surface area contributed by atoms with Crippen LogP contribution in [-0.2, 0) is 4.79 Å². The number of hydrogen-bond acceptors (Lipinski definition) is 6. The molecule has 0 spiro atoms. The van der Waals surface area contributed by atoms with Gasteiger partial charge < -0.3 is 14.2 Å². The Kier molecular flexibility index (Phi) is 9.49. The second-order valence-corrected chi connectivity index (χ2v) is 7.60. The van der Waals surface area contributed by atoms with E-state index in [-0.39, 0.29) is 6.61 Å². The molecule has 0 heterocycles. The molecule has 34 heavy (non-hydrogen) atoms. The molecule has 3 rings (SSSR count). The molecule has 8 heteroatoms. The summed E-state index contributed by atoms with van der Waals surface area (Å²) in [5.74, 6) is 0.638. The number of benzene rings is 3. The number of nitrogens with zero attached hydrogens (tertiary/aromatic N) is 1. The van der Waals surface area contributed by atoms with Crippen molar-refractivity contribution in [1.29, 1.82) is 0 Å². The molecule has 0 fully saturated rings. The Labute approximate surface area is 203 Å². The van der Waals surface area contributed by atoms with E-state index < -0.39 is 11.9 Å². The molecule has 0 bridgehead atoms. The van der Waals surface area contributed by atoms with Crippen LogP contribution in [0.3, 0.4) is 0 Å². The van der Waals surface area contributed by atoms with Crippen LogP contribution < -0.4 is 19.6 Å². The van der Waals surface area contributed by atoms with E-state index in [9.17, 15) is 9.59 Å². The summed E-state index contributed by atoms with van der Waals surface area (Å²) >= 11 is 5.98. The number of hydrogen-bond donors (Lipinski definition) is 1. The molecule has 1 N–H and O–H groups in total. The van der Waals surface area contributed by atoms with Crippen molar-refractivity contribution in [2.45, 2.75) is 19.8 Å². The average molecular weight is 481 g/mol. The summed E-state index contributed by atoms with van der Waals surface area (Å²) < 4.78 is 16.3. The van der Waals surface area contributed by atoms with Crippen molar-refractivity contribution in [2.75, 3.05) is 13.2 Å². The number of ether oxygens (including phenoxy) is 3.